The van der Waals surface area contributed by atoms with Crippen molar-refractivity contribution >= 4 is 17.2 Å². The van der Waals surface area contributed by atoms with Crippen LogP contribution in [0, 0.1) is 20.8 Å². The molecule has 7 heteroatoms. The number of carbonyl (C=O) groups is 1. The van der Waals surface area contributed by atoms with Crippen LogP contribution in [0.4, 0.5) is 0 Å². The molecule has 0 N–H and O–H groups in total. The molecule has 0 spiro atoms. The summed E-state index contributed by atoms with van der Waals surface area (Å²) in [6.45, 7) is 8.08. The third-order valence-corrected chi connectivity index (χ3v) is 5.85. The van der Waals surface area contributed by atoms with Crippen LogP contribution in [-0.4, -0.2) is 33.0 Å². The summed E-state index contributed by atoms with van der Waals surface area (Å²) in [5.74, 6) is 1.25. The van der Waals surface area contributed by atoms with Crippen LogP contribution in [0.3, 0.4) is 0 Å². The highest BCUT2D eigenvalue weighted by Gasteiger charge is 2.21. The van der Waals surface area contributed by atoms with E-state index in [1.165, 1.54) is 4.88 Å². The maximum atomic E-state index is 12.6. The minimum Gasteiger partial charge on any atom is -0.339 e. The minimum absolute atomic E-state index is 0.0338. The van der Waals surface area contributed by atoms with Gasteiger partial charge < -0.3 is 9.42 Å². The van der Waals surface area contributed by atoms with E-state index in [9.17, 15) is 4.79 Å². The molecule has 0 radical (unpaired) electrons. The van der Waals surface area contributed by atoms with Crippen LogP contribution in [0.15, 0.2) is 28.8 Å². The zero-order valence-corrected chi connectivity index (χ0v) is 17.8. The van der Waals surface area contributed by atoms with Crippen LogP contribution >= 0.6 is 11.3 Å². The molecule has 0 saturated carbocycles. The number of hydrogen-bond acceptors (Lipinski definition) is 6. The van der Waals surface area contributed by atoms with Crippen molar-refractivity contribution in [2.45, 2.75) is 53.0 Å². The molecule has 2 heterocycles. The Balaban J connectivity index is 1.54. The fourth-order valence-electron chi connectivity index (χ4n) is 3.19. The number of aromatic nitrogens is 3. The van der Waals surface area contributed by atoms with Crippen LogP contribution in [-0.2, 0) is 11.2 Å². The minimum atomic E-state index is -0.0338. The van der Waals surface area contributed by atoms with Crippen LogP contribution in [0.25, 0.3) is 11.4 Å². The summed E-state index contributed by atoms with van der Waals surface area (Å²) in [7, 11) is 1.84. The summed E-state index contributed by atoms with van der Waals surface area (Å²) >= 11 is 1.67. The summed E-state index contributed by atoms with van der Waals surface area (Å²) in [5, 5.41) is 5.10. The van der Waals surface area contributed by atoms with Crippen molar-refractivity contribution < 1.29 is 9.32 Å². The number of rotatable bonds is 7. The van der Waals surface area contributed by atoms with Crippen molar-refractivity contribution in [3.8, 4) is 11.4 Å². The van der Waals surface area contributed by atoms with E-state index in [2.05, 4.69) is 22.0 Å². The quantitative estimate of drug-likeness (QED) is 0.579. The number of carbonyl (C=O) groups excluding carboxylic acids is 1. The number of hydrogen-bond donors (Lipinski definition) is 0. The molecule has 28 heavy (non-hydrogen) atoms. The molecule has 0 fully saturated rings. The van der Waals surface area contributed by atoms with Crippen LogP contribution in [0.2, 0.25) is 0 Å². The van der Waals surface area contributed by atoms with Crippen LogP contribution in [0.1, 0.15) is 52.8 Å². The van der Waals surface area contributed by atoms with Crippen LogP contribution in [0.5, 0.6) is 0 Å². The molecule has 1 amide bonds. The summed E-state index contributed by atoms with van der Waals surface area (Å²) in [5.41, 5.74) is 3.06. The van der Waals surface area contributed by atoms with Gasteiger partial charge in [0.25, 0.3) is 0 Å². The number of thiazole rings is 1. The number of nitrogens with zero attached hydrogens (tertiary/aromatic N) is 4. The highest BCUT2D eigenvalue weighted by Crippen LogP contribution is 2.26. The highest BCUT2D eigenvalue weighted by atomic mass is 32.1. The molecule has 3 aromatic rings. The molecule has 0 aliphatic carbocycles. The second-order valence-corrected chi connectivity index (χ2v) is 8.44. The lowest BCUT2D eigenvalue weighted by Crippen LogP contribution is -2.30. The smallest absolute Gasteiger partial charge is 0.226 e. The topological polar surface area (TPSA) is 72.1 Å². The first-order valence-corrected chi connectivity index (χ1v) is 10.3. The molecular formula is C21H26N4O2S. The second-order valence-electron chi connectivity index (χ2n) is 7.04. The first-order chi connectivity index (χ1) is 13.4. The van der Waals surface area contributed by atoms with Gasteiger partial charge in [0, 0.05) is 30.3 Å². The maximum absolute atomic E-state index is 12.6. The zero-order valence-electron chi connectivity index (χ0n) is 17.0. The van der Waals surface area contributed by atoms with Crippen molar-refractivity contribution in [2.24, 2.45) is 0 Å². The molecule has 3 rings (SSSR count). The molecule has 0 bridgehead atoms. The van der Waals surface area contributed by atoms with E-state index >= 15 is 0 Å². The third kappa shape index (κ3) is 4.47. The van der Waals surface area contributed by atoms with Crippen molar-refractivity contribution in [3.63, 3.8) is 0 Å². The van der Waals surface area contributed by atoms with Gasteiger partial charge in [0.1, 0.15) is 0 Å². The Morgan fingerprint density at radius 1 is 1.21 bits per heavy atom. The lowest BCUT2D eigenvalue weighted by Gasteiger charge is -2.24. The molecule has 0 saturated heterocycles. The first-order valence-electron chi connectivity index (χ1n) is 9.45. The maximum Gasteiger partial charge on any atom is 0.226 e. The monoisotopic (exact) mass is 398 g/mol. The van der Waals surface area contributed by atoms with Crippen molar-refractivity contribution in [1.82, 2.24) is 20.0 Å². The number of amides is 1. The van der Waals surface area contributed by atoms with Crippen molar-refractivity contribution in [3.05, 3.63) is 51.3 Å². The Kier molecular flexibility index (Phi) is 6.24. The molecule has 1 unspecified atom stereocenters. The molecule has 0 aliphatic rings. The van der Waals surface area contributed by atoms with E-state index < -0.39 is 0 Å². The SMILES string of the molecule is Cc1nc(C(C)N(C)C(=O)CCCc2nc(-c3ccccc3C)no2)c(C)s1. The highest BCUT2D eigenvalue weighted by molar-refractivity contribution is 7.11. The van der Waals surface area contributed by atoms with Gasteiger partial charge in [-0.25, -0.2) is 4.98 Å². The summed E-state index contributed by atoms with van der Waals surface area (Å²) in [6, 6.07) is 7.91. The fourth-order valence-corrected chi connectivity index (χ4v) is 4.10. The second kappa shape index (κ2) is 8.65. The predicted molar refractivity (Wildman–Crippen MR) is 110 cm³/mol. The molecular weight excluding hydrogens is 372 g/mol. The molecule has 148 valence electrons. The van der Waals surface area contributed by atoms with E-state index in [-0.39, 0.29) is 11.9 Å². The van der Waals surface area contributed by atoms with E-state index in [1.807, 2.05) is 52.1 Å². The van der Waals surface area contributed by atoms with Gasteiger partial charge in [-0.2, -0.15) is 4.98 Å². The third-order valence-electron chi connectivity index (χ3n) is 4.94. The molecule has 2 aromatic heterocycles. The average molecular weight is 399 g/mol. The van der Waals surface area contributed by atoms with E-state index in [1.54, 1.807) is 16.2 Å². The normalized spacial score (nSPS) is 12.2. The van der Waals surface area contributed by atoms with Gasteiger partial charge in [0.15, 0.2) is 0 Å². The van der Waals surface area contributed by atoms with Crippen molar-refractivity contribution in [2.75, 3.05) is 7.05 Å². The van der Waals surface area contributed by atoms with Gasteiger partial charge in [-0.15, -0.1) is 11.3 Å². The van der Waals surface area contributed by atoms with Crippen molar-refractivity contribution in [1.29, 1.82) is 0 Å². The summed E-state index contributed by atoms with van der Waals surface area (Å²) in [6.07, 6.45) is 1.69. The molecule has 1 aromatic carbocycles. The Hall–Kier alpha value is -2.54. The molecule has 1 atom stereocenters. The lowest BCUT2D eigenvalue weighted by atomic mass is 10.1. The lowest BCUT2D eigenvalue weighted by molar-refractivity contribution is -0.132. The zero-order chi connectivity index (χ0) is 20.3. The van der Waals surface area contributed by atoms with Gasteiger partial charge in [0.2, 0.25) is 17.6 Å². The number of aryl methyl sites for hydroxylation is 4. The Morgan fingerprint density at radius 3 is 2.64 bits per heavy atom. The molecule has 0 aliphatic heterocycles. The van der Waals surface area contributed by atoms with E-state index in [4.69, 9.17) is 4.52 Å². The first kappa shape index (κ1) is 20.2. The predicted octanol–water partition coefficient (Wildman–Crippen LogP) is 4.66. The van der Waals surface area contributed by atoms with E-state index in [0.717, 1.165) is 21.8 Å². The van der Waals surface area contributed by atoms with Gasteiger partial charge in [0.05, 0.1) is 16.7 Å². The Morgan fingerprint density at radius 2 is 1.96 bits per heavy atom. The van der Waals surface area contributed by atoms with Gasteiger partial charge in [-0.1, -0.05) is 29.4 Å². The van der Waals surface area contributed by atoms with Gasteiger partial charge in [-0.3, -0.25) is 4.79 Å². The van der Waals surface area contributed by atoms with Crippen LogP contribution < -0.4 is 0 Å². The Labute approximate surface area is 169 Å². The van der Waals surface area contributed by atoms with Gasteiger partial charge >= 0.3 is 0 Å². The fraction of sp³-hybridized carbons (Fsp3) is 0.429. The summed E-state index contributed by atoms with van der Waals surface area (Å²) in [4.78, 5) is 24.6. The standard InChI is InChI=1S/C21H26N4O2S/c1-13-9-6-7-10-17(13)21-23-18(27-24-21)11-8-12-19(26)25(5)14(2)20-15(3)28-16(4)22-20/h6-7,9-10,14H,8,11-12H2,1-5H3. The molecule has 6 nitrogen and oxygen atoms in total. The number of benzene rings is 1. The Bertz CT molecular complexity index is 963. The average Bonchev–Trinajstić information content (AvgIpc) is 3.26. The largest absolute Gasteiger partial charge is 0.339 e. The van der Waals surface area contributed by atoms with E-state index in [0.29, 0.717) is 31.0 Å². The summed E-state index contributed by atoms with van der Waals surface area (Å²) < 4.78 is 5.36. The van der Waals surface area contributed by atoms with Gasteiger partial charge in [-0.05, 0) is 39.7 Å².